The number of benzene rings is 1. The Kier molecular flexibility index (Phi) is 3.86. The lowest BCUT2D eigenvalue weighted by Crippen LogP contribution is -2.54. The highest BCUT2D eigenvalue weighted by atomic mass is 19.1. The van der Waals surface area contributed by atoms with Crippen molar-refractivity contribution in [2.45, 2.75) is 44.6 Å². The molecular weight excluding hydrogens is 312 g/mol. The molecule has 0 bridgehead atoms. The number of hydrogen-bond acceptors (Lipinski definition) is 4. The number of halogens is 2. The van der Waals surface area contributed by atoms with E-state index in [1.54, 1.807) is 6.92 Å². The predicted molar refractivity (Wildman–Crippen MR) is 86.1 cm³/mol. The quantitative estimate of drug-likeness (QED) is 0.783. The van der Waals surface area contributed by atoms with Crippen molar-refractivity contribution in [3.63, 3.8) is 0 Å². The fourth-order valence-electron chi connectivity index (χ4n) is 3.89. The van der Waals surface area contributed by atoms with Crippen LogP contribution in [-0.2, 0) is 13.1 Å². The van der Waals surface area contributed by atoms with E-state index in [0.29, 0.717) is 17.7 Å². The zero-order chi connectivity index (χ0) is 16.8. The van der Waals surface area contributed by atoms with E-state index < -0.39 is 5.82 Å². The number of aromatic nitrogens is 2. The molecule has 4 N–H and O–H groups in total. The highest BCUT2D eigenvalue weighted by molar-refractivity contribution is 5.30. The van der Waals surface area contributed by atoms with Crippen LogP contribution in [0.1, 0.15) is 34.8 Å². The molecule has 3 atom stereocenters. The van der Waals surface area contributed by atoms with E-state index in [1.165, 1.54) is 17.7 Å². The van der Waals surface area contributed by atoms with Gasteiger partial charge in [-0.3, -0.25) is 10.00 Å². The first kappa shape index (κ1) is 15.7. The molecule has 0 spiro atoms. The molecule has 3 unspecified atom stereocenters. The van der Waals surface area contributed by atoms with Crippen LogP contribution in [0.4, 0.5) is 8.78 Å². The summed E-state index contributed by atoms with van der Waals surface area (Å²) in [5, 5.41) is 10.4. The number of piperidine rings is 1. The lowest BCUT2D eigenvalue weighted by atomic mass is 9.89. The van der Waals surface area contributed by atoms with Gasteiger partial charge in [0.05, 0.1) is 17.9 Å². The molecule has 7 heteroatoms. The normalized spacial score (nSPS) is 27.4. The van der Waals surface area contributed by atoms with Crippen LogP contribution < -0.4 is 11.1 Å². The molecule has 0 amide bonds. The molecular formula is C17H21F2N5. The van der Waals surface area contributed by atoms with Gasteiger partial charge in [0.15, 0.2) is 0 Å². The highest BCUT2D eigenvalue weighted by Gasteiger charge is 2.35. The Morgan fingerprint density at radius 2 is 2.12 bits per heavy atom. The largest absolute Gasteiger partial charge is 0.326 e. The van der Waals surface area contributed by atoms with Gasteiger partial charge in [0.2, 0.25) is 0 Å². The minimum Gasteiger partial charge on any atom is -0.326 e. The maximum Gasteiger partial charge on any atom is 0.131 e. The number of nitrogens with one attached hydrogen (secondary N) is 2. The molecule has 2 aromatic rings. The topological polar surface area (TPSA) is 70.0 Å². The Morgan fingerprint density at radius 3 is 2.88 bits per heavy atom. The van der Waals surface area contributed by atoms with Crippen LogP contribution in [-0.4, -0.2) is 33.7 Å². The van der Waals surface area contributed by atoms with Gasteiger partial charge < -0.3 is 11.1 Å². The maximum atomic E-state index is 14.4. The van der Waals surface area contributed by atoms with Gasteiger partial charge in [-0.1, -0.05) is 0 Å². The van der Waals surface area contributed by atoms with Crippen LogP contribution in [0.15, 0.2) is 18.3 Å². The second-order valence-corrected chi connectivity index (χ2v) is 6.84. The fraction of sp³-hybridized carbons (Fsp3) is 0.471. The van der Waals surface area contributed by atoms with Gasteiger partial charge in [0.25, 0.3) is 0 Å². The Labute approximate surface area is 139 Å². The van der Waals surface area contributed by atoms with Crippen molar-refractivity contribution in [1.82, 2.24) is 20.4 Å². The fourth-order valence-corrected chi connectivity index (χ4v) is 3.89. The zero-order valence-corrected chi connectivity index (χ0v) is 13.5. The van der Waals surface area contributed by atoms with E-state index in [2.05, 4.69) is 20.4 Å². The average molecular weight is 333 g/mol. The van der Waals surface area contributed by atoms with E-state index in [9.17, 15) is 8.78 Å². The molecule has 128 valence electrons. The number of hydrogen-bond donors (Lipinski definition) is 3. The van der Waals surface area contributed by atoms with Crippen molar-refractivity contribution >= 4 is 0 Å². The number of nitrogens with two attached hydrogens (primary N) is 1. The third-order valence-corrected chi connectivity index (χ3v) is 5.19. The lowest BCUT2D eigenvalue weighted by Gasteiger charge is -2.39. The van der Waals surface area contributed by atoms with Gasteiger partial charge in [-0.2, -0.15) is 5.10 Å². The van der Waals surface area contributed by atoms with Crippen molar-refractivity contribution in [2.24, 2.45) is 5.73 Å². The summed E-state index contributed by atoms with van der Waals surface area (Å²) in [7, 11) is 0. The second-order valence-electron chi connectivity index (χ2n) is 6.84. The van der Waals surface area contributed by atoms with E-state index >= 15 is 0 Å². The van der Waals surface area contributed by atoms with Crippen LogP contribution in [0, 0.1) is 18.6 Å². The van der Waals surface area contributed by atoms with Crippen LogP contribution >= 0.6 is 0 Å². The van der Waals surface area contributed by atoms with Crippen molar-refractivity contribution in [2.75, 3.05) is 6.54 Å². The van der Waals surface area contributed by atoms with Gasteiger partial charge in [-0.25, -0.2) is 8.78 Å². The summed E-state index contributed by atoms with van der Waals surface area (Å²) in [4.78, 5) is 2.35. The summed E-state index contributed by atoms with van der Waals surface area (Å²) in [5.74, 6) is -0.796. The Hall–Kier alpha value is -1.83. The summed E-state index contributed by atoms with van der Waals surface area (Å²) in [5.41, 5.74) is 9.33. The SMILES string of the molecule is Cc1cc(F)cc(C2NCC(N3Cc4cn[nH]c4C3)CC2N)c1F. The molecule has 1 saturated heterocycles. The number of aromatic amines is 1. The molecule has 2 aliphatic heterocycles. The van der Waals surface area contributed by atoms with Gasteiger partial charge in [0, 0.05) is 42.8 Å². The van der Waals surface area contributed by atoms with Gasteiger partial charge in [-0.05, 0) is 31.0 Å². The second kappa shape index (κ2) is 5.91. The lowest BCUT2D eigenvalue weighted by molar-refractivity contribution is 0.137. The minimum absolute atomic E-state index is 0.267. The molecule has 0 radical (unpaired) electrons. The molecule has 1 aromatic carbocycles. The zero-order valence-electron chi connectivity index (χ0n) is 13.5. The van der Waals surface area contributed by atoms with E-state index in [4.69, 9.17) is 5.73 Å². The Balaban J connectivity index is 1.48. The first-order valence-corrected chi connectivity index (χ1v) is 8.22. The van der Waals surface area contributed by atoms with E-state index in [-0.39, 0.29) is 23.9 Å². The number of fused-ring (bicyclic) bond motifs is 1. The third-order valence-electron chi connectivity index (χ3n) is 5.19. The van der Waals surface area contributed by atoms with E-state index in [0.717, 1.165) is 25.2 Å². The van der Waals surface area contributed by atoms with Crippen LogP contribution in [0.25, 0.3) is 0 Å². The van der Waals surface area contributed by atoms with Gasteiger partial charge in [0.1, 0.15) is 11.6 Å². The number of aryl methyl sites for hydroxylation is 1. The molecule has 3 heterocycles. The molecule has 1 aromatic heterocycles. The van der Waals surface area contributed by atoms with Crippen molar-refractivity contribution in [1.29, 1.82) is 0 Å². The van der Waals surface area contributed by atoms with Gasteiger partial charge >= 0.3 is 0 Å². The molecule has 1 fully saturated rings. The summed E-state index contributed by atoms with van der Waals surface area (Å²) in [6.45, 7) is 3.95. The van der Waals surface area contributed by atoms with Crippen molar-refractivity contribution < 1.29 is 8.78 Å². The summed E-state index contributed by atoms with van der Waals surface area (Å²) >= 11 is 0. The molecule has 0 saturated carbocycles. The van der Waals surface area contributed by atoms with Crippen LogP contribution in [0.2, 0.25) is 0 Å². The molecule has 24 heavy (non-hydrogen) atoms. The van der Waals surface area contributed by atoms with Crippen LogP contribution in [0.3, 0.4) is 0 Å². The minimum atomic E-state index is -0.425. The average Bonchev–Trinajstić information content (AvgIpc) is 3.12. The standard InChI is InChI=1S/C17H21F2N5/c1-9-2-11(18)3-13(16(9)19)17-14(20)4-12(6-21-17)24-7-10-5-22-23-15(10)8-24/h2-3,5,12,14,17,21H,4,6-8,20H2,1H3,(H,22,23). The number of rotatable bonds is 2. The van der Waals surface area contributed by atoms with E-state index in [1.807, 2.05) is 6.20 Å². The van der Waals surface area contributed by atoms with Crippen molar-refractivity contribution in [3.8, 4) is 0 Å². The predicted octanol–water partition coefficient (Wildman–Crippen LogP) is 1.74. The molecule has 2 aliphatic rings. The van der Waals surface area contributed by atoms with Crippen molar-refractivity contribution in [3.05, 3.63) is 52.3 Å². The third kappa shape index (κ3) is 2.62. The van der Waals surface area contributed by atoms with Crippen LogP contribution in [0.5, 0.6) is 0 Å². The summed E-state index contributed by atoms with van der Waals surface area (Å²) < 4.78 is 28.1. The monoisotopic (exact) mass is 333 g/mol. The molecule has 4 rings (SSSR count). The summed E-state index contributed by atoms with van der Waals surface area (Å²) in [6, 6.07) is 2.11. The first-order chi connectivity index (χ1) is 11.5. The Bertz CT molecular complexity index is 739. The smallest absolute Gasteiger partial charge is 0.131 e. The number of nitrogens with zero attached hydrogens (tertiary/aromatic N) is 2. The first-order valence-electron chi connectivity index (χ1n) is 8.22. The molecule has 5 nitrogen and oxygen atoms in total. The molecule has 0 aliphatic carbocycles. The Morgan fingerprint density at radius 1 is 1.29 bits per heavy atom. The highest BCUT2D eigenvalue weighted by Crippen LogP contribution is 2.31. The maximum absolute atomic E-state index is 14.4. The summed E-state index contributed by atoms with van der Waals surface area (Å²) in [6.07, 6.45) is 2.60. The van der Waals surface area contributed by atoms with Gasteiger partial charge in [-0.15, -0.1) is 0 Å². The number of H-pyrrole nitrogens is 1.